The van der Waals surface area contributed by atoms with E-state index in [2.05, 4.69) is 4.74 Å². The van der Waals surface area contributed by atoms with Gasteiger partial charge in [0.25, 0.3) is 0 Å². The Balaban J connectivity index is 3.01. The zero-order valence-electron chi connectivity index (χ0n) is 10.2. The molecule has 0 amide bonds. The van der Waals surface area contributed by atoms with Crippen molar-refractivity contribution in [2.75, 3.05) is 7.11 Å². The minimum Gasteiger partial charge on any atom is -0.467 e. The Bertz CT molecular complexity index is 365. The van der Waals surface area contributed by atoms with Crippen LogP contribution in [0.3, 0.4) is 0 Å². The molecule has 0 saturated heterocycles. The van der Waals surface area contributed by atoms with Gasteiger partial charge in [-0.05, 0) is 12.5 Å². The molecular formula is C13H18O3. The Morgan fingerprint density at radius 1 is 1.31 bits per heavy atom. The Hall–Kier alpha value is -1.35. The van der Waals surface area contributed by atoms with E-state index in [1.165, 1.54) is 7.11 Å². The van der Waals surface area contributed by atoms with E-state index < -0.39 is 17.5 Å². The van der Waals surface area contributed by atoms with Crippen molar-refractivity contribution in [2.45, 2.75) is 32.3 Å². The minimum absolute atomic E-state index is 0.606. The summed E-state index contributed by atoms with van der Waals surface area (Å²) >= 11 is 0. The van der Waals surface area contributed by atoms with Gasteiger partial charge in [0.05, 0.1) is 7.11 Å². The van der Waals surface area contributed by atoms with E-state index >= 15 is 0 Å². The first-order valence-electron chi connectivity index (χ1n) is 5.22. The Kier molecular flexibility index (Phi) is 3.70. The number of aliphatic hydroxyl groups excluding tert-OH is 1. The topological polar surface area (TPSA) is 46.5 Å². The Labute approximate surface area is 96.1 Å². The van der Waals surface area contributed by atoms with Crippen LogP contribution in [0.15, 0.2) is 24.3 Å². The van der Waals surface area contributed by atoms with Gasteiger partial charge >= 0.3 is 5.97 Å². The number of ether oxygens (including phenoxy) is 1. The van der Waals surface area contributed by atoms with Crippen molar-refractivity contribution >= 4 is 5.97 Å². The van der Waals surface area contributed by atoms with Crippen LogP contribution in [0.4, 0.5) is 0 Å². The van der Waals surface area contributed by atoms with Crippen molar-refractivity contribution in [1.29, 1.82) is 0 Å². The van der Waals surface area contributed by atoms with Gasteiger partial charge < -0.3 is 9.84 Å². The van der Waals surface area contributed by atoms with Gasteiger partial charge in [-0.1, -0.05) is 43.7 Å². The molecule has 0 aliphatic carbocycles. The molecule has 0 radical (unpaired) electrons. The lowest BCUT2D eigenvalue weighted by atomic mass is 9.79. The quantitative estimate of drug-likeness (QED) is 0.793. The predicted octanol–water partition coefficient (Wildman–Crippen LogP) is 1.81. The van der Waals surface area contributed by atoms with Gasteiger partial charge in [-0.15, -0.1) is 0 Å². The van der Waals surface area contributed by atoms with E-state index in [9.17, 15) is 9.90 Å². The highest BCUT2D eigenvalue weighted by Crippen LogP contribution is 2.28. The van der Waals surface area contributed by atoms with E-state index in [-0.39, 0.29) is 0 Å². The molecule has 0 aromatic heterocycles. The van der Waals surface area contributed by atoms with Crippen molar-refractivity contribution in [2.24, 2.45) is 0 Å². The molecule has 1 aromatic rings. The lowest BCUT2D eigenvalue weighted by Gasteiger charge is -2.29. The smallest absolute Gasteiger partial charge is 0.335 e. The number of hydrogen-bond donors (Lipinski definition) is 1. The molecule has 0 aliphatic heterocycles. The second-order valence-corrected chi connectivity index (χ2v) is 4.51. The highest BCUT2D eigenvalue weighted by Gasteiger charge is 2.35. The maximum absolute atomic E-state index is 11.3. The Morgan fingerprint density at radius 2 is 1.81 bits per heavy atom. The molecule has 88 valence electrons. The molecule has 1 rings (SSSR count). The third kappa shape index (κ3) is 2.42. The van der Waals surface area contributed by atoms with Crippen LogP contribution in [0.1, 0.15) is 25.0 Å². The summed E-state index contributed by atoms with van der Waals surface area (Å²) < 4.78 is 4.55. The maximum Gasteiger partial charge on any atom is 0.335 e. The molecule has 1 N–H and O–H groups in total. The lowest BCUT2D eigenvalue weighted by molar-refractivity contribution is -0.153. The average molecular weight is 222 g/mol. The molecule has 1 atom stereocenters. The van der Waals surface area contributed by atoms with Crippen LogP contribution in [0.5, 0.6) is 0 Å². The molecule has 0 fully saturated rings. The van der Waals surface area contributed by atoms with E-state index in [4.69, 9.17) is 0 Å². The fraction of sp³-hybridized carbons (Fsp3) is 0.462. The van der Waals surface area contributed by atoms with Crippen molar-refractivity contribution < 1.29 is 14.6 Å². The van der Waals surface area contributed by atoms with E-state index in [1.54, 1.807) is 0 Å². The van der Waals surface area contributed by atoms with Gasteiger partial charge in [0, 0.05) is 5.41 Å². The van der Waals surface area contributed by atoms with Crippen LogP contribution < -0.4 is 0 Å². The number of aryl methyl sites for hydroxylation is 1. The van der Waals surface area contributed by atoms with Crippen molar-refractivity contribution in [3.63, 3.8) is 0 Å². The van der Waals surface area contributed by atoms with Crippen molar-refractivity contribution in [3.05, 3.63) is 35.4 Å². The summed E-state index contributed by atoms with van der Waals surface area (Å²) in [5.41, 5.74) is 1.41. The number of aliphatic hydroxyl groups is 1. The van der Waals surface area contributed by atoms with Crippen LogP contribution in [0, 0.1) is 6.92 Å². The molecule has 0 saturated carbocycles. The first kappa shape index (κ1) is 12.7. The predicted molar refractivity (Wildman–Crippen MR) is 62.2 cm³/mol. The number of carbonyl (C=O) groups is 1. The third-order valence-corrected chi connectivity index (χ3v) is 2.90. The maximum atomic E-state index is 11.3. The van der Waals surface area contributed by atoms with Crippen LogP contribution in [0.2, 0.25) is 0 Å². The normalized spacial score (nSPS) is 13.3. The summed E-state index contributed by atoms with van der Waals surface area (Å²) in [7, 11) is 1.27. The van der Waals surface area contributed by atoms with Crippen molar-refractivity contribution in [3.8, 4) is 0 Å². The van der Waals surface area contributed by atoms with Gasteiger partial charge in [0.2, 0.25) is 0 Å². The van der Waals surface area contributed by atoms with E-state index in [0.29, 0.717) is 0 Å². The fourth-order valence-electron chi connectivity index (χ4n) is 1.55. The molecular weight excluding hydrogens is 204 g/mol. The monoisotopic (exact) mass is 222 g/mol. The molecule has 0 bridgehead atoms. The zero-order chi connectivity index (χ0) is 12.3. The average Bonchev–Trinajstić information content (AvgIpc) is 2.27. The van der Waals surface area contributed by atoms with Crippen LogP contribution in [0.25, 0.3) is 0 Å². The molecule has 1 unspecified atom stereocenters. The van der Waals surface area contributed by atoms with Crippen molar-refractivity contribution in [1.82, 2.24) is 0 Å². The molecule has 16 heavy (non-hydrogen) atoms. The number of methoxy groups -OCH3 is 1. The number of carbonyl (C=O) groups excluding carboxylic acids is 1. The largest absolute Gasteiger partial charge is 0.467 e. The van der Waals surface area contributed by atoms with Gasteiger partial charge in [0.1, 0.15) is 0 Å². The zero-order valence-corrected chi connectivity index (χ0v) is 10.2. The highest BCUT2D eigenvalue weighted by atomic mass is 16.5. The summed E-state index contributed by atoms with van der Waals surface area (Å²) in [4.78, 5) is 11.3. The minimum atomic E-state index is -1.15. The second-order valence-electron chi connectivity index (χ2n) is 4.51. The Morgan fingerprint density at radius 3 is 2.25 bits per heavy atom. The number of benzene rings is 1. The summed E-state index contributed by atoms with van der Waals surface area (Å²) in [6.07, 6.45) is -1.15. The molecule has 0 heterocycles. The van der Waals surface area contributed by atoms with Crippen LogP contribution in [-0.4, -0.2) is 24.3 Å². The van der Waals surface area contributed by atoms with Crippen LogP contribution in [-0.2, 0) is 14.9 Å². The van der Waals surface area contributed by atoms with Gasteiger partial charge in [0.15, 0.2) is 6.10 Å². The number of rotatable bonds is 3. The second kappa shape index (κ2) is 4.66. The van der Waals surface area contributed by atoms with E-state index in [1.807, 2.05) is 45.0 Å². The first-order valence-corrected chi connectivity index (χ1v) is 5.22. The highest BCUT2D eigenvalue weighted by molar-refractivity contribution is 5.76. The summed E-state index contributed by atoms with van der Waals surface area (Å²) in [6, 6.07) is 7.76. The third-order valence-electron chi connectivity index (χ3n) is 2.90. The standard InChI is InChI=1S/C13H18O3/c1-9-5-7-10(8-6-9)13(2,3)11(14)12(15)16-4/h5-8,11,14H,1-4H3. The van der Waals surface area contributed by atoms with Gasteiger partial charge in [-0.3, -0.25) is 0 Å². The lowest BCUT2D eigenvalue weighted by Crippen LogP contribution is -2.40. The van der Waals surface area contributed by atoms with Gasteiger partial charge in [-0.25, -0.2) is 4.79 Å². The summed E-state index contributed by atoms with van der Waals surface area (Å²) in [5, 5.41) is 9.89. The number of hydrogen-bond acceptors (Lipinski definition) is 3. The molecule has 3 heteroatoms. The molecule has 0 spiro atoms. The summed E-state index contributed by atoms with van der Waals surface area (Å²) in [5.74, 6) is -0.606. The van der Waals surface area contributed by atoms with E-state index in [0.717, 1.165) is 11.1 Å². The van der Waals surface area contributed by atoms with Gasteiger partial charge in [-0.2, -0.15) is 0 Å². The first-order chi connectivity index (χ1) is 7.39. The molecule has 1 aromatic carbocycles. The molecule has 0 aliphatic rings. The molecule has 3 nitrogen and oxygen atoms in total. The SMILES string of the molecule is COC(=O)C(O)C(C)(C)c1ccc(C)cc1. The number of esters is 1. The fourth-order valence-corrected chi connectivity index (χ4v) is 1.55. The van der Waals surface area contributed by atoms with Crippen LogP contribution >= 0.6 is 0 Å². The summed E-state index contributed by atoms with van der Waals surface area (Å²) in [6.45, 7) is 5.63.